The fourth-order valence-electron chi connectivity index (χ4n) is 2.59. The molecule has 7 heteroatoms. The zero-order valence-electron chi connectivity index (χ0n) is 12.7. The van der Waals surface area contributed by atoms with Crippen molar-refractivity contribution in [3.05, 3.63) is 50.2 Å². The number of nitro groups is 1. The van der Waals surface area contributed by atoms with E-state index in [2.05, 4.69) is 25.8 Å². The minimum absolute atomic E-state index is 0.0676. The van der Waals surface area contributed by atoms with Crippen LogP contribution in [0.3, 0.4) is 0 Å². The lowest BCUT2D eigenvalue weighted by molar-refractivity contribution is -0.385. The molecule has 0 bridgehead atoms. The SMILES string of the molecule is Cc1ccc(N=Cc2cc(Br)c(N3CCCC3)o2)cc1[N+](=O)[O-]. The van der Waals surface area contributed by atoms with E-state index in [0.29, 0.717) is 17.0 Å². The van der Waals surface area contributed by atoms with Crippen molar-refractivity contribution in [2.75, 3.05) is 18.0 Å². The normalized spacial score (nSPS) is 14.8. The third kappa shape index (κ3) is 3.44. The molecule has 0 N–H and O–H groups in total. The quantitative estimate of drug-likeness (QED) is 0.443. The van der Waals surface area contributed by atoms with Crippen LogP contribution in [0.5, 0.6) is 0 Å². The lowest BCUT2D eigenvalue weighted by Gasteiger charge is -2.13. The molecule has 1 aromatic heterocycles. The first-order valence-electron chi connectivity index (χ1n) is 7.38. The van der Waals surface area contributed by atoms with Crippen molar-refractivity contribution in [1.29, 1.82) is 0 Å². The predicted molar refractivity (Wildman–Crippen MR) is 92.9 cm³/mol. The minimum atomic E-state index is -0.399. The first kappa shape index (κ1) is 15.7. The summed E-state index contributed by atoms with van der Waals surface area (Å²) in [5.74, 6) is 1.43. The Morgan fingerprint density at radius 1 is 1.35 bits per heavy atom. The molecule has 0 amide bonds. The monoisotopic (exact) mass is 377 g/mol. The lowest BCUT2D eigenvalue weighted by Crippen LogP contribution is -2.17. The summed E-state index contributed by atoms with van der Waals surface area (Å²) in [4.78, 5) is 17.0. The van der Waals surface area contributed by atoms with Gasteiger partial charge in [0.1, 0.15) is 5.76 Å². The summed E-state index contributed by atoms with van der Waals surface area (Å²) in [6, 6.07) is 6.77. The average Bonchev–Trinajstić information content (AvgIpc) is 3.15. The number of anilines is 1. The van der Waals surface area contributed by atoms with Crippen LogP contribution in [0.2, 0.25) is 0 Å². The van der Waals surface area contributed by atoms with Crippen LogP contribution in [0.15, 0.2) is 38.1 Å². The molecule has 2 aromatic rings. The summed E-state index contributed by atoms with van der Waals surface area (Å²) in [6.07, 6.45) is 3.92. The molecule has 0 aliphatic carbocycles. The molecule has 0 saturated carbocycles. The Balaban J connectivity index is 1.81. The van der Waals surface area contributed by atoms with E-state index in [1.165, 1.54) is 18.9 Å². The van der Waals surface area contributed by atoms with Crippen molar-refractivity contribution in [3.8, 4) is 0 Å². The van der Waals surface area contributed by atoms with Crippen LogP contribution in [0.1, 0.15) is 24.2 Å². The molecule has 0 radical (unpaired) electrons. The molecule has 0 atom stereocenters. The van der Waals surface area contributed by atoms with Gasteiger partial charge in [-0.3, -0.25) is 15.1 Å². The standard InChI is InChI=1S/C16H16BrN3O3/c1-11-4-5-12(8-15(11)20(21)22)18-10-13-9-14(17)16(23-13)19-6-2-3-7-19/h4-5,8-10H,2-3,6-7H2,1H3. The number of hydrogen-bond donors (Lipinski definition) is 0. The van der Waals surface area contributed by atoms with Gasteiger partial charge >= 0.3 is 0 Å². The van der Waals surface area contributed by atoms with E-state index in [1.54, 1.807) is 25.3 Å². The van der Waals surface area contributed by atoms with Gasteiger partial charge in [-0.1, -0.05) is 6.07 Å². The Morgan fingerprint density at radius 3 is 2.78 bits per heavy atom. The van der Waals surface area contributed by atoms with Crippen LogP contribution < -0.4 is 4.90 Å². The fraction of sp³-hybridized carbons (Fsp3) is 0.312. The van der Waals surface area contributed by atoms with Gasteiger partial charge in [-0.25, -0.2) is 0 Å². The smallest absolute Gasteiger partial charge is 0.274 e. The second kappa shape index (κ2) is 6.54. The third-order valence-electron chi connectivity index (χ3n) is 3.81. The van der Waals surface area contributed by atoms with Gasteiger partial charge in [0.25, 0.3) is 5.69 Å². The van der Waals surface area contributed by atoms with Crippen molar-refractivity contribution in [3.63, 3.8) is 0 Å². The van der Waals surface area contributed by atoms with E-state index in [-0.39, 0.29) is 5.69 Å². The van der Waals surface area contributed by atoms with Crippen LogP contribution in [0, 0.1) is 17.0 Å². The van der Waals surface area contributed by atoms with Gasteiger partial charge in [-0.15, -0.1) is 0 Å². The Labute approximate surface area is 142 Å². The lowest BCUT2D eigenvalue weighted by atomic mass is 10.2. The molecule has 0 unspecified atom stereocenters. The van der Waals surface area contributed by atoms with E-state index >= 15 is 0 Å². The van der Waals surface area contributed by atoms with Gasteiger partial charge in [0.2, 0.25) is 5.88 Å². The zero-order chi connectivity index (χ0) is 16.4. The van der Waals surface area contributed by atoms with E-state index in [0.717, 1.165) is 23.4 Å². The molecule has 23 heavy (non-hydrogen) atoms. The Hall–Kier alpha value is -2.15. The van der Waals surface area contributed by atoms with Gasteiger partial charge in [-0.2, -0.15) is 0 Å². The largest absolute Gasteiger partial charge is 0.438 e. The van der Waals surface area contributed by atoms with Crippen molar-refractivity contribution in [1.82, 2.24) is 0 Å². The number of furan rings is 1. The number of aliphatic imine (C=N–C) groups is 1. The predicted octanol–water partition coefficient (Wildman–Crippen LogP) is 4.61. The summed E-state index contributed by atoms with van der Waals surface area (Å²) < 4.78 is 6.72. The maximum Gasteiger partial charge on any atom is 0.274 e. The van der Waals surface area contributed by atoms with Gasteiger partial charge in [0, 0.05) is 30.8 Å². The van der Waals surface area contributed by atoms with Gasteiger partial charge in [0.05, 0.1) is 21.3 Å². The van der Waals surface area contributed by atoms with E-state index in [1.807, 2.05) is 6.07 Å². The summed E-state index contributed by atoms with van der Waals surface area (Å²) in [5.41, 5.74) is 1.21. The number of halogens is 1. The highest BCUT2D eigenvalue weighted by Gasteiger charge is 2.19. The summed E-state index contributed by atoms with van der Waals surface area (Å²) >= 11 is 3.51. The average molecular weight is 378 g/mol. The number of aryl methyl sites for hydroxylation is 1. The molecule has 1 aromatic carbocycles. The topological polar surface area (TPSA) is 71.9 Å². The molecule has 2 heterocycles. The molecule has 120 valence electrons. The van der Waals surface area contributed by atoms with Crippen LogP contribution in [0.25, 0.3) is 0 Å². The number of nitrogens with zero attached hydrogens (tertiary/aromatic N) is 3. The number of nitro benzene ring substituents is 1. The maximum atomic E-state index is 11.0. The van der Waals surface area contributed by atoms with Gasteiger partial charge in [0.15, 0.2) is 0 Å². The number of hydrogen-bond acceptors (Lipinski definition) is 5. The molecule has 1 saturated heterocycles. The number of benzene rings is 1. The van der Waals surface area contributed by atoms with Crippen LogP contribution in [-0.2, 0) is 0 Å². The third-order valence-corrected chi connectivity index (χ3v) is 4.38. The van der Waals surface area contributed by atoms with Crippen LogP contribution >= 0.6 is 15.9 Å². The van der Waals surface area contributed by atoms with Gasteiger partial charge < -0.3 is 9.32 Å². The highest BCUT2D eigenvalue weighted by Crippen LogP contribution is 2.32. The molecule has 0 spiro atoms. The summed E-state index contributed by atoms with van der Waals surface area (Å²) in [7, 11) is 0. The summed E-state index contributed by atoms with van der Waals surface area (Å²) in [6.45, 7) is 3.69. The second-order valence-electron chi connectivity index (χ2n) is 5.48. The molecular weight excluding hydrogens is 362 g/mol. The Kier molecular flexibility index (Phi) is 4.47. The highest BCUT2D eigenvalue weighted by molar-refractivity contribution is 9.10. The highest BCUT2D eigenvalue weighted by atomic mass is 79.9. The van der Waals surface area contributed by atoms with Crippen molar-refractivity contribution in [2.24, 2.45) is 4.99 Å². The van der Waals surface area contributed by atoms with E-state index < -0.39 is 4.92 Å². The maximum absolute atomic E-state index is 11.0. The summed E-state index contributed by atoms with van der Waals surface area (Å²) in [5, 5.41) is 11.0. The molecule has 1 aliphatic rings. The fourth-order valence-corrected chi connectivity index (χ4v) is 3.15. The minimum Gasteiger partial charge on any atom is -0.438 e. The van der Waals surface area contributed by atoms with Gasteiger partial charge in [-0.05, 0) is 41.8 Å². The van der Waals surface area contributed by atoms with Crippen LogP contribution in [0.4, 0.5) is 17.3 Å². The van der Waals surface area contributed by atoms with Crippen molar-refractivity contribution < 1.29 is 9.34 Å². The molecule has 3 rings (SSSR count). The Morgan fingerprint density at radius 2 is 2.09 bits per heavy atom. The van der Waals surface area contributed by atoms with Crippen molar-refractivity contribution in [2.45, 2.75) is 19.8 Å². The first-order chi connectivity index (χ1) is 11.0. The zero-order valence-corrected chi connectivity index (χ0v) is 14.2. The molecular formula is C16H16BrN3O3. The second-order valence-corrected chi connectivity index (χ2v) is 6.34. The van der Waals surface area contributed by atoms with E-state index in [9.17, 15) is 10.1 Å². The van der Waals surface area contributed by atoms with E-state index in [4.69, 9.17) is 4.42 Å². The molecule has 1 fully saturated rings. The molecule has 1 aliphatic heterocycles. The van der Waals surface area contributed by atoms with Crippen molar-refractivity contribution >= 4 is 39.4 Å². The number of rotatable bonds is 4. The Bertz CT molecular complexity index is 764. The first-order valence-corrected chi connectivity index (χ1v) is 8.17. The molecule has 6 nitrogen and oxygen atoms in total. The van der Waals surface area contributed by atoms with Crippen LogP contribution in [-0.4, -0.2) is 24.2 Å².